The van der Waals surface area contributed by atoms with Crippen molar-refractivity contribution in [3.05, 3.63) is 78.4 Å². The Balaban J connectivity index is 0.000000444. The Labute approximate surface area is 159 Å². The third-order valence-electron chi connectivity index (χ3n) is 3.74. The fraction of sp³-hybridized carbons (Fsp3) is 0.417. The fourth-order valence-corrected chi connectivity index (χ4v) is 2.65. The van der Waals surface area contributed by atoms with Crippen molar-refractivity contribution in [2.24, 2.45) is 10.8 Å². The van der Waals surface area contributed by atoms with Crippen molar-refractivity contribution < 1.29 is 9.45 Å². The maximum atomic E-state index is 10.4. The Hall–Kier alpha value is -2.15. The van der Waals surface area contributed by atoms with Crippen molar-refractivity contribution in [2.45, 2.75) is 53.9 Å². The molecular formula is C24H32O2. The molecule has 0 bridgehead atoms. The van der Waals surface area contributed by atoms with Crippen molar-refractivity contribution in [1.82, 2.24) is 0 Å². The molecule has 0 heterocycles. The summed E-state index contributed by atoms with van der Waals surface area (Å²) < 4.78 is 7.50. The maximum absolute atomic E-state index is 10.4. The number of aldehydes is 1. The minimum atomic E-state index is 0.0864. The van der Waals surface area contributed by atoms with Crippen LogP contribution in [0.25, 0.3) is 0 Å². The van der Waals surface area contributed by atoms with E-state index in [1.54, 1.807) is 0 Å². The van der Waals surface area contributed by atoms with Gasteiger partial charge in [-0.1, -0.05) is 95.3 Å². The first-order valence-corrected chi connectivity index (χ1v) is 8.94. The third kappa shape index (κ3) is 12.2. The molecule has 0 N–H and O–H groups in total. The topological polar surface area (TPSA) is 37.0 Å². The standard InChI is InChI=1S/C12H16O.C11H16.CO/c1-12(2,8-9-13)10-11-6-4-3-5-7-11;1-11(2,3)9-10-7-5-4-6-8-10;1-2/h3-7,9H,8,10H2,1-2H3;4-8H,9H2,1-3H3;. The van der Waals surface area contributed by atoms with E-state index in [1.165, 1.54) is 11.1 Å². The van der Waals surface area contributed by atoms with Crippen LogP contribution in [0, 0.1) is 17.5 Å². The number of hydrogen-bond acceptors (Lipinski definition) is 1. The van der Waals surface area contributed by atoms with Gasteiger partial charge in [0, 0.05) is 6.42 Å². The van der Waals surface area contributed by atoms with E-state index in [0.717, 1.165) is 19.1 Å². The molecule has 0 atom stereocenters. The van der Waals surface area contributed by atoms with E-state index in [0.29, 0.717) is 11.8 Å². The summed E-state index contributed by atoms with van der Waals surface area (Å²) in [6.07, 6.45) is 3.76. The van der Waals surface area contributed by atoms with Gasteiger partial charge >= 0.3 is 11.3 Å². The van der Waals surface area contributed by atoms with Crippen molar-refractivity contribution in [3.8, 4) is 0 Å². The molecule has 0 radical (unpaired) electrons. The van der Waals surface area contributed by atoms with Crippen LogP contribution in [0.2, 0.25) is 0 Å². The number of carbonyl (C=O) groups excluding carboxylic acids is 1. The molecule has 2 aromatic carbocycles. The molecule has 2 nitrogen and oxygen atoms in total. The zero-order valence-electron chi connectivity index (χ0n) is 16.8. The van der Waals surface area contributed by atoms with Crippen LogP contribution >= 0.6 is 0 Å². The minimum absolute atomic E-state index is 0.0864. The summed E-state index contributed by atoms with van der Waals surface area (Å²) in [7, 11) is 0. The Kier molecular flexibility index (Phi) is 11.2. The normalized spacial score (nSPS) is 10.6. The van der Waals surface area contributed by atoms with Crippen LogP contribution in [-0.4, -0.2) is 6.29 Å². The Bertz CT molecular complexity index is 620. The second kappa shape index (κ2) is 12.2. The molecule has 0 saturated heterocycles. The van der Waals surface area contributed by atoms with Crippen LogP contribution in [0.4, 0.5) is 0 Å². The second-order valence-corrected chi connectivity index (χ2v) is 8.42. The summed E-state index contributed by atoms with van der Waals surface area (Å²) in [6.45, 7) is 15.5. The molecule has 2 rings (SSSR count). The summed E-state index contributed by atoms with van der Waals surface area (Å²) in [5, 5.41) is 0. The quantitative estimate of drug-likeness (QED) is 0.365. The number of rotatable bonds is 5. The summed E-state index contributed by atoms with van der Waals surface area (Å²) in [6, 6.07) is 20.9. The average molecular weight is 353 g/mol. The van der Waals surface area contributed by atoms with Gasteiger partial charge in [-0.2, -0.15) is 0 Å². The molecule has 26 heavy (non-hydrogen) atoms. The summed E-state index contributed by atoms with van der Waals surface area (Å²) in [5.41, 5.74) is 3.22. The third-order valence-corrected chi connectivity index (χ3v) is 3.74. The van der Waals surface area contributed by atoms with Gasteiger partial charge in [-0.3, -0.25) is 0 Å². The van der Waals surface area contributed by atoms with Crippen LogP contribution in [0.1, 0.15) is 52.2 Å². The van der Waals surface area contributed by atoms with E-state index in [-0.39, 0.29) is 5.41 Å². The van der Waals surface area contributed by atoms with Gasteiger partial charge in [0.1, 0.15) is 6.29 Å². The van der Waals surface area contributed by atoms with Crippen LogP contribution in [0.3, 0.4) is 0 Å². The zero-order valence-corrected chi connectivity index (χ0v) is 16.8. The molecule has 2 aromatic rings. The van der Waals surface area contributed by atoms with Gasteiger partial charge in [-0.05, 0) is 34.8 Å². The fourth-order valence-electron chi connectivity index (χ4n) is 2.65. The molecule has 0 aromatic heterocycles. The zero-order chi connectivity index (χ0) is 20.1. The monoisotopic (exact) mass is 352 g/mol. The van der Waals surface area contributed by atoms with Gasteiger partial charge in [-0.15, -0.1) is 0 Å². The molecule has 140 valence electrons. The van der Waals surface area contributed by atoms with Crippen LogP contribution in [0.15, 0.2) is 60.7 Å². The van der Waals surface area contributed by atoms with Gasteiger partial charge in [0.15, 0.2) is 0 Å². The molecular weight excluding hydrogens is 320 g/mol. The molecule has 0 aliphatic heterocycles. The number of carbonyl (C=O) groups is 1. The first kappa shape index (κ1) is 23.9. The van der Waals surface area contributed by atoms with Crippen molar-refractivity contribution in [1.29, 1.82) is 0 Å². The molecule has 0 spiro atoms. The summed E-state index contributed by atoms with van der Waals surface area (Å²) in [5.74, 6) is 0. The Morgan fingerprint density at radius 3 is 1.50 bits per heavy atom. The van der Waals surface area contributed by atoms with Crippen LogP contribution in [0.5, 0.6) is 0 Å². The van der Waals surface area contributed by atoms with Gasteiger partial charge in [0.25, 0.3) is 0 Å². The van der Waals surface area contributed by atoms with E-state index in [9.17, 15) is 4.79 Å². The molecule has 0 aliphatic carbocycles. The van der Waals surface area contributed by atoms with Crippen molar-refractivity contribution >= 4 is 6.29 Å². The molecule has 0 saturated carbocycles. The van der Waals surface area contributed by atoms with Gasteiger partial charge < -0.3 is 4.79 Å². The van der Waals surface area contributed by atoms with E-state index in [2.05, 4.69) is 83.7 Å². The molecule has 2 heteroatoms. The van der Waals surface area contributed by atoms with Gasteiger partial charge in [0.05, 0.1) is 0 Å². The summed E-state index contributed by atoms with van der Waals surface area (Å²) >= 11 is 0. The van der Waals surface area contributed by atoms with E-state index in [1.807, 2.05) is 18.2 Å². The SMILES string of the molecule is CC(C)(C)Cc1ccccc1.CC(C)(CC=O)Cc1ccccc1.[C-]#[O+]. The molecule has 0 fully saturated rings. The average Bonchev–Trinajstić information content (AvgIpc) is 2.57. The van der Waals surface area contributed by atoms with Gasteiger partial charge in [-0.25, -0.2) is 0 Å². The van der Waals surface area contributed by atoms with E-state index >= 15 is 0 Å². The first-order chi connectivity index (χ1) is 12.2. The van der Waals surface area contributed by atoms with E-state index in [4.69, 9.17) is 4.65 Å². The molecule has 0 aliphatic rings. The Morgan fingerprint density at radius 1 is 0.769 bits per heavy atom. The Morgan fingerprint density at radius 2 is 1.15 bits per heavy atom. The van der Waals surface area contributed by atoms with E-state index < -0.39 is 0 Å². The van der Waals surface area contributed by atoms with Gasteiger partial charge in [0.2, 0.25) is 0 Å². The predicted octanol–water partition coefficient (Wildman–Crippen LogP) is 6.08. The molecule has 0 unspecified atom stereocenters. The predicted molar refractivity (Wildman–Crippen MR) is 108 cm³/mol. The summed E-state index contributed by atoms with van der Waals surface area (Å²) in [4.78, 5) is 10.4. The second-order valence-electron chi connectivity index (χ2n) is 8.42. The van der Waals surface area contributed by atoms with Crippen LogP contribution in [-0.2, 0) is 22.3 Å². The number of benzene rings is 2. The van der Waals surface area contributed by atoms with Crippen molar-refractivity contribution in [2.75, 3.05) is 0 Å². The molecule has 0 amide bonds. The first-order valence-electron chi connectivity index (χ1n) is 8.94. The van der Waals surface area contributed by atoms with Crippen LogP contribution < -0.4 is 0 Å². The van der Waals surface area contributed by atoms with Crippen molar-refractivity contribution in [3.63, 3.8) is 0 Å². The number of hydrogen-bond donors (Lipinski definition) is 0.